The Morgan fingerprint density at radius 1 is 1.38 bits per heavy atom. The van der Waals surface area contributed by atoms with Crippen molar-refractivity contribution < 1.29 is 48.2 Å². The second-order valence-electron chi connectivity index (χ2n) is 6.81. The highest BCUT2D eigenvalue weighted by Crippen LogP contribution is 2.38. The van der Waals surface area contributed by atoms with Crippen molar-refractivity contribution in [3.8, 4) is 0 Å². The van der Waals surface area contributed by atoms with Gasteiger partial charge in [0.1, 0.15) is 18.3 Å². The topological polar surface area (TPSA) is 235 Å². The molecule has 0 radical (unpaired) electrons. The summed E-state index contributed by atoms with van der Waals surface area (Å²) in [4.78, 5) is 63.2. The van der Waals surface area contributed by atoms with E-state index in [2.05, 4.69) is 24.8 Å². The van der Waals surface area contributed by atoms with Crippen LogP contribution < -0.4 is 10.9 Å². The third kappa shape index (κ3) is 5.18. The molecule has 1 fully saturated rings. The van der Waals surface area contributed by atoms with E-state index >= 15 is 0 Å². The normalized spacial score (nSPS) is 24.4. The highest BCUT2D eigenvalue weighted by atomic mass is 31.2. The molecule has 1 aliphatic rings. The Bertz CT molecular complexity index is 1130. The molecule has 1 saturated heterocycles. The zero-order valence-corrected chi connectivity index (χ0v) is 17.5. The molecule has 32 heavy (non-hydrogen) atoms. The summed E-state index contributed by atoms with van der Waals surface area (Å²) in [5, 5.41) is 22.7. The van der Waals surface area contributed by atoms with Gasteiger partial charge in [-0.05, 0) is 6.92 Å². The van der Waals surface area contributed by atoms with Crippen LogP contribution in [0.15, 0.2) is 11.1 Å². The standard InChI is InChI=1S/C15H20N5O11P/c1-5(30-6(2)21)12(24)18-15-17-11-8(13(25)19-15)16-4-20(11)14-10(23)9(22)7(31-14)3-29-32(26,27)28/h4-5,7,9-10,14,22-23H,3H2,1-2H3,(H2,26,27,28)(H2,17,18,19,24,25)/t5?,7-,9-,10-,14-/m1/s1. The number of phosphoric ester groups is 1. The van der Waals surface area contributed by atoms with Gasteiger partial charge in [-0.2, -0.15) is 4.98 Å². The lowest BCUT2D eigenvalue weighted by atomic mass is 10.1. The van der Waals surface area contributed by atoms with Gasteiger partial charge < -0.3 is 29.5 Å². The average molecular weight is 477 g/mol. The molecule has 1 unspecified atom stereocenters. The van der Waals surface area contributed by atoms with Gasteiger partial charge in [0.25, 0.3) is 11.5 Å². The van der Waals surface area contributed by atoms with Crippen molar-refractivity contribution in [1.29, 1.82) is 0 Å². The van der Waals surface area contributed by atoms with Crippen molar-refractivity contribution in [2.75, 3.05) is 11.9 Å². The molecule has 0 spiro atoms. The minimum Gasteiger partial charge on any atom is -0.453 e. The number of phosphoric acid groups is 1. The highest BCUT2D eigenvalue weighted by molar-refractivity contribution is 7.46. The Morgan fingerprint density at radius 3 is 2.69 bits per heavy atom. The minimum absolute atomic E-state index is 0.142. The number of imidazole rings is 1. The van der Waals surface area contributed by atoms with E-state index < -0.39 is 62.5 Å². The fourth-order valence-electron chi connectivity index (χ4n) is 2.96. The number of fused-ring (bicyclic) bond motifs is 1. The molecule has 16 nitrogen and oxygen atoms in total. The van der Waals surface area contributed by atoms with Gasteiger partial charge >= 0.3 is 13.8 Å². The average Bonchev–Trinajstić information content (AvgIpc) is 3.21. The Balaban J connectivity index is 1.86. The second kappa shape index (κ2) is 9.03. The van der Waals surface area contributed by atoms with E-state index in [0.29, 0.717) is 0 Å². The fourth-order valence-corrected chi connectivity index (χ4v) is 3.30. The molecule has 3 heterocycles. The SMILES string of the molecule is CC(=O)OC(C)C(=O)Nc1nc2c(ncn2[C@@H]2O[C@H](COP(=O)(O)O)[C@@H](O)[C@H]2O)c(=O)[nH]1. The molecule has 0 aromatic carbocycles. The van der Waals surface area contributed by atoms with Gasteiger partial charge in [0.2, 0.25) is 5.95 Å². The number of anilines is 1. The van der Waals surface area contributed by atoms with Crippen LogP contribution in [-0.2, 0) is 28.2 Å². The van der Waals surface area contributed by atoms with Crippen molar-refractivity contribution in [3.63, 3.8) is 0 Å². The second-order valence-corrected chi connectivity index (χ2v) is 8.05. The number of esters is 1. The van der Waals surface area contributed by atoms with E-state index in [9.17, 15) is 29.2 Å². The quantitative estimate of drug-likeness (QED) is 0.183. The van der Waals surface area contributed by atoms with E-state index in [1.807, 2.05) is 0 Å². The van der Waals surface area contributed by atoms with E-state index in [4.69, 9.17) is 19.3 Å². The molecule has 0 bridgehead atoms. The maximum Gasteiger partial charge on any atom is 0.469 e. The minimum atomic E-state index is -4.85. The summed E-state index contributed by atoms with van der Waals surface area (Å²) in [6.45, 7) is 1.70. The zero-order chi connectivity index (χ0) is 23.8. The number of carbonyl (C=O) groups excluding carboxylic acids is 2. The van der Waals surface area contributed by atoms with E-state index in [1.54, 1.807) is 0 Å². The molecule has 1 aliphatic heterocycles. The van der Waals surface area contributed by atoms with Gasteiger partial charge in [0, 0.05) is 6.92 Å². The maximum atomic E-state index is 12.3. The number of hydrogen-bond donors (Lipinski definition) is 6. The molecule has 17 heteroatoms. The first-order chi connectivity index (χ1) is 14.9. The molecule has 2 aromatic rings. The van der Waals surface area contributed by atoms with Crippen molar-refractivity contribution >= 4 is 36.8 Å². The van der Waals surface area contributed by atoms with Gasteiger partial charge in [-0.25, -0.2) is 9.55 Å². The van der Waals surface area contributed by atoms with Gasteiger partial charge in [-0.3, -0.25) is 33.8 Å². The maximum absolute atomic E-state index is 12.3. The molecule has 0 aliphatic carbocycles. The van der Waals surface area contributed by atoms with Crippen molar-refractivity contribution in [3.05, 3.63) is 16.7 Å². The molecule has 6 N–H and O–H groups in total. The van der Waals surface area contributed by atoms with Crippen LogP contribution in [0.25, 0.3) is 11.2 Å². The summed E-state index contributed by atoms with van der Waals surface area (Å²) in [6.07, 6.45) is -5.93. The third-order valence-electron chi connectivity index (χ3n) is 4.40. The number of nitrogens with zero attached hydrogens (tertiary/aromatic N) is 3. The van der Waals surface area contributed by atoms with Crippen molar-refractivity contribution in [2.45, 2.75) is 44.5 Å². The number of ether oxygens (including phenoxy) is 2. The number of aromatic nitrogens is 4. The highest BCUT2D eigenvalue weighted by Gasteiger charge is 2.45. The number of aliphatic hydroxyl groups is 2. The lowest BCUT2D eigenvalue weighted by Gasteiger charge is -2.17. The third-order valence-corrected chi connectivity index (χ3v) is 4.89. The molecule has 1 amide bonds. The number of aliphatic hydroxyl groups excluding tert-OH is 2. The lowest BCUT2D eigenvalue weighted by molar-refractivity contribution is -0.150. The summed E-state index contributed by atoms with van der Waals surface area (Å²) in [5.74, 6) is -1.79. The molecule has 0 saturated carbocycles. The van der Waals surface area contributed by atoms with Crippen LogP contribution in [0, 0.1) is 0 Å². The smallest absolute Gasteiger partial charge is 0.453 e. The summed E-state index contributed by atoms with van der Waals surface area (Å²) in [6, 6.07) is 0. The van der Waals surface area contributed by atoms with Crippen LogP contribution in [0.2, 0.25) is 0 Å². The zero-order valence-electron chi connectivity index (χ0n) is 16.6. The molecule has 2 aromatic heterocycles. The van der Waals surface area contributed by atoms with Crippen LogP contribution in [0.3, 0.4) is 0 Å². The van der Waals surface area contributed by atoms with E-state index in [0.717, 1.165) is 17.8 Å². The van der Waals surface area contributed by atoms with Crippen LogP contribution in [0.5, 0.6) is 0 Å². The first kappa shape index (κ1) is 23.9. The number of carbonyl (C=O) groups is 2. The van der Waals surface area contributed by atoms with E-state index in [1.165, 1.54) is 6.92 Å². The number of aromatic amines is 1. The molecule has 3 rings (SSSR count). The Morgan fingerprint density at radius 2 is 2.06 bits per heavy atom. The number of rotatable bonds is 7. The van der Waals surface area contributed by atoms with E-state index in [-0.39, 0.29) is 17.1 Å². The van der Waals surface area contributed by atoms with Gasteiger partial charge in [0.15, 0.2) is 23.5 Å². The molecular weight excluding hydrogens is 457 g/mol. The summed E-state index contributed by atoms with van der Waals surface area (Å²) in [7, 11) is -4.85. The van der Waals surface area contributed by atoms with Crippen LogP contribution in [-0.4, -0.2) is 82.4 Å². The fraction of sp³-hybridized carbons (Fsp3) is 0.533. The van der Waals surface area contributed by atoms with Crippen molar-refractivity contribution in [1.82, 2.24) is 19.5 Å². The monoisotopic (exact) mass is 477 g/mol. The Kier molecular flexibility index (Phi) is 6.75. The molecule has 176 valence electrons. The predicted molar refractivity (Wildman–Crippen MR) is 102 cm³/mol. The number of nitrogens with one attached hydrogen (secondary N) is 2. The first-order valence-electron chi connectivity index (χ1n) is 9.04. The van der Waals surface area contributed by atoms with Crippen molar-refractivity contribution in [2.24, 2.45) is 0 Å². The largest absolute Gasteiger partial charge is 0.469 e. The summed E-state index contributed by atoms with van der Waals surface area (Å²) in [5.41, 5.74) is -1.08. The summed E-state index contributed by atoms with van der Waals surface area (Å²) < 4.78 is 26.5. The predicted octanol–water partition coefficient (Wildman–Crippen LogP) is -2.26. The number of H-pyrrole nitrogens is 1. The Hall–Kier alpha value is -2.72. The van der Waals surface area contributed by atoms with Crippen LogP contribution in [0.1, 0.15) is 20.1 Å². The Labute approximate surface area is 178 Å². The van der Waals surface area contributed by atoms with Gasteiger partial charge in [-0.1, -0.05) is 0 Å². The van der Waals surface area contributed by atoms with Gasteiger partial charge in [0.05, 0.1) is 12.9 Å². The first-order valence-corrected chi connectivity index (χ1v) is 10.6. The molecular formula is C15H20N5O11P. The van der Waals surface area contributed by atoms with Crippen LogP contribution in [0.4, 0.5) is 5.95 Å². The molecule has 5 atom stereocenters. The summed E-state index contributed by atoms with van der Waals surface area (Å²) >= 11 is 0. The van der Waals surface area contributed by atoms with Gasteiger partial charge in [-0.15, -0.1) is 0 Å². The number of amides is 1. The number of hydrogen-bond acceptors (Lipinski definition) is 11. The lowest BCUT2D eigenvalue weighted by Crippen LogP contribution is -2.33. The van der Waals surface area contributed by atoms with Crippen LogP contribution >= 0.6 is 7.82 Å².